The van der Waals surface area contributed by atoms with E-state index < -0.39 is 27.7 Å². The minimum atomic E-state index is -3.29. The minimum absolute atomic E-state index is 0.0108. The molecule has 0 bridgehead atoms. The average Bonchev–Trinajstić information content (AvgIpc) is 3.24. The third kappa shape index (κ3) is 3.64. The predicted octanol–water partition coefficient (Wildman–Crippen LogP) is 1.05. The topological polar surface area (TPSA) is 101 Å². The van der Waals surface area contributed by atoms with E-state index in [0.717, 1.165) is 12.8 Å². The average molecular weight is 443 g/mol. The number of hydrogen-bond donors (Lipinski definition) is 1. The van der Waals surface area contributed by atoms with Gasteiger partial charge in [0.05, 0.1) is 23.7 Å². The molecule has 31 heavy (non-hydrogen) atoms. The van der Waals surface area contributed by atoms with Crippen molar-refractivity contribution in [2.75, 3.05) is 18.1 Å². The summed E-state index contributed by atoms with van der Waals surface area (Å²) in [5.41, 5.74) is 3.23. The summed E-state index contributed by atoms with van der Waals surface area (Å²) in [5, 5.41) is 7.15. The molecule has 1 N–H and O–H groups in total. The third-order valence-corrected chi connectivity index (χ3v) is 8.50. The van der Waals surface area contributed by atoms with Gasteiger partial charge in [-0.2, -0.15) is 5.10 Å². The van der Waals surface area contributed by atoms with Gasteiger partial charge in [-0.25, -0.2) is 8.42 Å². The molecular weight excluding hydrogens is 416 g/mol. The van der Waals surface area contributed by atoms with E-state index in [0.29, 0.717) is 18.0 Å². The van der Waals surface area contributed by atoms with Crippen LogP contribution in [0.4, 0.5) is 0 Å². The van der Waals surface area contributed by atoms with Crippen LogP contribution in [-0.2, 0) is 32.4 Å². The van der Waals surface area contributed by atoms with Gasteiger partial charge in [-0.1, -0.05) is 24.3 Å². The van der Waals surface area contributed by atoms with Gasteiger partial charge in [-0.3, -0.25) is 14.3 Å². The van der Waals surface area contributed by atoms with Gasteiger partial charge in [0.2, 0.25) is 0 Å². The van der Waals surface area contributed by atoms with Crippen molar-refractivity contribution in [1.29, 1.82) is 0 Å². The van der Waals surface area contributed by atoms with Crippen molar-refractivity contribution in [3.63, 3.8) is 0 Å². The van der Waals surface area contributed by atoms with E-state index >= 15 is 0 Å². The highest BCUT2D eigenvalue weighted by atomic mass is 32.2. The number of benzene rings is 1. The van der Waals surface area contributed by atoms with Crippen molar-refractivity contribution in [2.24, 2.45) is 5.92 Å². The van der Waals surface area contributed by atoms with Crippen LogP contribution in [-0.4, -0.2) is 59.0 Å². The normalized spacial score (nSPS) is 28.4. The Balaban J connectivity index is 1.32. The summed E-state index contributed by atoms with van der Waals surface area (Å²) in [6.07, 6.45) is 5.32. The molecule has 164 valence electrons. The van der Waals surface area contributed by atoms with Crippen LogP contribution in [0, 0.1) is 5.92 Å². The molecule has 8 nitrogen and oxygen atoms in total. The summed E-state index contributed by atoms with van der Waals surface area (Å²) >= 11 is 0. The van der Waals surface area contributed by atoms with Gasteiger partial charge in [0.25, 0.3) is 0 Å². The number of sulfone groups is 1. The molecule has 1 saturated heterocycles. The van der Waals surface area contributed by atoms with Crippen LogP contribution < -0.4 is 5.32 Å². The van der Waals surface area contributed by atoms with Gasteiger partial charge in [0.15, 0.2) is 9.84 Å². The van der Waals surface area contributed by atoms with E-state index in [1.807, 2.05) is 19.1 Å². The fourth-order valence-electron chi connectivity index (χ4n) is 5.16. The fourth-order valence-corrected chi connectivity index (χ4v) is 6.65. The molecule has 0 spiro atoms. The molecule has 4 atom stereocenters. The highest BCUT2D eigenvalue weighted by Gasteiger charge is 2.54. The van der Waals surface area contributed by atoms with E-state index in [1.54, 1.807) is 17.1 Å². The molecular formula is C22H26N4O4S. The summed E-state index contributed by atoms with van der Waals surface area (Å²) in [6, 6.07) is 7.55. The first-order valence-corrected chi connectivity index (χ1v) is 12.6. The lowest BCUT2D eigenvalue weighted by Gasteiger charge is -2.34. The molecule has 9 heteroatoms. The Kier molecular flexibility index (Phi) is 4.88. The maximum Gasteiger partial charge on any atom is 0.312 e. The van der Waals surface area contributed by atoms with Gasteiger partial charge in [0.1, 0.15) is 0 Å². The number of carbonyl (C=O) groups is 2. The van der Waals surface area contributed by atoms with Crippen molar-refractivity contribution in [1.82, 2.24) is 20.0 Å². The number of aromatic nitrogens is 2. The highest BCUT2D eigenvalue weighted by Crippen LogP contribution is 2.54. The first-order chi connectivity index (χ1) is 14.9. The van der Waals surface area contributed by atoms with Gasteiger partial charge in [-0.15, -0.1) is 0 Å². The summed E-state index contributed by atoms with van der Waals surface area (Å²) in [6.45, 7) is 2.58. The molecule has 2 heterocycles. The Morgan fingerprint density at radius 2 is 2.06 bits per heavy atom. The van der Waals surface area contributed by atoms with E-state index in [-0.39, 0.29) is 30.0 Å². The molecule has 1 aromatic heterocycles. The monoisotopic (exact) mass is 442 g/mol. The van der Waals surface area contributed by atoms with E-state index in [1.165, 1.54) is 16.0 Å². The summed E-state index contributed by atoms with van der Waals surface area (Å²) in [5.74, 6) is -1.00. The molecule has 1 aliphatic heterocycles. The first-order valence-electron chi connectivity index (χ1n) is 10.8. The summed E-state index contributed by atoms with van der Waals surface area (Å²) in [4.78, 5) is 27.3. The van der Waals surface area contributed by atoms with Gasteiger partial charge in [0, 0.05) is 36.8 Å². The van der Waals surface area contributed by atoms with Crippen LogP contribution >= 0.6 is 0 Å². The number of nitrogens with one attached hydrogen (secondary N) is 1. The molecule has 3 aliphatic rings. The summed E-state index contributed by atoms with van der Waals surface area (Å²) in [7, 11) is -3.29. The summed E-state index contributed by atoms with van der Waals surface area (Å²) < 4.78 is 26.2. The number of fused-ring (bicyclic) bond motifs is 3. The molecule has 2 aromatic rings. The van der Waals surface area contributed by atoms with Gasteiger partial charge < -0.3 is 10.2 Å². The Morgan fingerprint density at radius 1 is 1.26 bits per heavy atom. The number of aryl methyl sites for hydroxylation is 2. The zero-order valence-electron chi connectivity index (χ0n) is 17.4. The molecule has 1 saturated carbocycles. The van der Waals surface area contributed by atoms with E-state index in [9.17, 15) is 18.0 Å². The molecule has 2 fully saturated rings. The molecule has 2 aliphatic carbocycles. The van der Waals surface area contributed by atoms with Crippen LogP contribution in [0.5, 0.6) is 0 Å². The quantitative estimate of drug-likeness (QED) is 0.716. The Bertz CT molecular complexity index is 1140. The number of rotatable bonds is 3. The van der Waals surface area contributed by atoms with Crippen LogP contribution in [0.25, 0.3) is 0 Å². The van der Waals surface area contributed by atoms with Crippen LogP contribution in [0.2, 0.25) is 0 Å². The van der Waals surface area contributed by atoms with Crippen LogP contribution in [0.3, 0.4) is 0 Å². The van der Waals surface area contributed by atoms with Crippen LogP contribution in [0.1, 0.15) is 42.0 Å². The molecule has 2 amide bonds. The lowest BCUT2D eigenvalue weighted by molar-refractivity contribution is -0.147. The standard InChI is InChI=1S/C22H26N4O4S/c1-2-25-12-15(11-23-25)18-13-31(29,30)10-9-26(18)22(28)21(27)24-20-17-8-7-14-5-3-4-6-16(14)19(17)20/h3-6,11-12,17-20H,2,7-10,13H2,1H3,(H,24,27). The lowest BCUT2D eigenvalue weighted by Crippen LogP contribution is -2.51. The number of nitrogens with zero attached hydrogens (tertiary/aromatic N) is 3. The van der Waals surface area contributed by atoms with E-state index in [2.05, 4.69) is 22.5 Å². The first kappa shape index (κ1) is 20.2. The minimum Gasteiger partial charge on any atom is -0.344 e. The second-order valence-electron chi connectivity index (χ2n) is 8.68. The van der Waals surface area contributed by atoms with Crippen molar-refractivity contribution in [2.45, 2.75) is 44.3 Å². The molecule has 1 aromatic carbocycles. The van der Waals surface area contributed by atoms with Crippen molar-refractivity contribution in [3.05, 3.63) is 53.3 Å². The van der Waals surface area contributed by atoms with Crippen molar-refractivity contribution < 1.29 is 18.0 Å². The Labute approximate surface area is 181 Å². The Morgan fingerprint density at radius 3 is 2.84 bits per heavy atom. The van der Waals surface area contributed by atoms with Gasteiger partial charge >= 0.3 is 11.8 Å². The largest absolute Gasteiger partial charge is 0.344 e. The molecule has 5 rings (SSSR count). The van der Waals surface area contributed by atoms with Crippen molar-refractivity contribution in [3.8, 4) is 0 Å². The van der Waals surface area contributed by atoms with E-state index in [4.69, 9.17) is 0 Å². The number of carbonyl (C=O) groups excluding carboxylic acids is 2. The predicted molar refractivity (Wildman–Crippen MR) is 114 cm³/mol. The Hall–Kier alpha value is -2.68. The zero-order valence-corrected chi connectivity index (χ0v) is 18.2. The fraction of sp³-hybridized carbons (Fsp3) is 0.500. The highest BCUT2D eigenvalue weighted by molar-refractivity contribution is 7.91. The van der Waals surface area contributed by atoms with Gasteiger partial charge in [-0.05, 0) is 36.8 Å². The lowest BCUT2D eigenvalue weighted by atomic mass is 9.92. The zero-order chi connectivity index (χ0) is 21.8. The number of hydrogen-bond acceptors (Lipinski definition) is 5. The smallest absolute Gasteiger partial charge is 0.312 e. The molecule has 0 radical (unpaired) electrons. The second kappa shape index (κ2) is 7.47. The number of amides is 2. The SMILES string of the molecule is CCn1cc(C2CS(=O)(=O)CCN2C(=O)C(=O)NC2C3CCc4ccccc4C32)cn1. The second-order valence-corrected chi connectivity index (χ2v) is 10.9. The molecule has 4 unspecified atom stereocenters. The van der Waals surface area contributed by atoms with Crippen molar-refractivity contribution >= 4 is 21.7 Å². The maximum atomic E-state index is 13.1. The maximum absolute atomic E-state index is 13.1. The third-order valence-electron chi connectivity index (χ3n) is 6.88. The van der Waals surface area contributed by atoms with Crippen LogP contribution in [0.15, 0.2) is 36.7 Å².